The number of carbonyl (C=O) groups is 2. The van der Waals surface area contributed by atoms with Crippen molar-refractivity contribution < 1.29 is 26.7 Å². The molecule has 0 aromatic rings. The average Bonchev–Trinajstić information content (AvgIpc) is 3.11. The van der Waals surface area contributed by atoms with Crippen molar-refractivity contribution in [3.05, 3.63) is 0 Å². The summed E-state index contributed by atoms with van der Waals surface area (Å²) in [6, 6.07) is -0.267. The molecule has 9 nitrogen and oxygen atoms in total. The maximum absolute atomic E-state index is 12.7. The van der Waals surface area contributed by atoms with Gasteiger partial charge in [-0.15, -0.1) is 0 Å². The van der Waals surface area contributed by atoms with Crippen molar-refractivity contribution >= 4 is 22.2 Å². The molecule has 0 aliphatic rings. The number of rotatable bonds is 39. The molecule has 0 aliphatic heterocycles. The highest BCUT2D eigenvalue weighted by atomic mass is 32.3. The monoisotopic (exact) mass is 804 g/mol. The van der Waals surface area contributed by atoms with Gasteiger partial charge in [-0.3, -0.25) is 14.1 Å². The number of unbranched alkanes of at least 4 members (excludes halogenated alkanes) is 28. The highest BCUT2D eigenvalue weighted by molar-refractivity contribution is 7.80. The number of nitrogens with one attached hydrogen (secondary N) is 2. The van der Waals surface area contributed by atoms with E-state index in [4.69, 9.17) is 10.3 Å². The maximum atomic E-state index is 12.7. The Bertz CT molecular complexity index is 895. The number of hydrogen-bond donors (Lipinski definition) is 4. The van der Waals surface area contributed by atoms with Gasteiger partial charge in [0.1, 0.15) is 0 Å². The molecule has 3 atom stereocenters. The predicted octanol–water partition coefficient (Wildman–Crippen LogP) is 12.3. The van der Waals surface area contributed by atoms with Gasteiger partial charge >= 0.3 is 10.4 Å². The van der Waals surface area contributed by atoms with Crippen LogP contribution in [0.15, 0.2) is 0 Å². The molecule has 0 aliphatic carbocycles. The van der Waals surface area contributed by atoms with Crippen molar-refractivity contribution in [3.8, 4) is 0 Å². The van der Waals surface area contributed by atoms with Gasteiger partial charge in [0.2, 0.25) is 11.8 Å². The Morgan fingerprint density at radius 3 is 0.909 bits per heavy atom. The van der Waals surface area contributed by atoms with Crippen LogP contribution in [-0.4, -0.2) is 49.5 Å². The van der Waals surface area contributed by atoms with Crippen molar-refractivity contribution in [1.29, 1.82) is 0 Å². The minimum Gasteiger partial charge on any atom is -0.353 e. The molecule has 0 aromatic heterocycles. The van der Waals surface area contributed by atoms with E-state index in [2.05, 4.69) is 28.7 Å². The first-order chi connectivity index (χ1) is 26.4. The molecule has 0 spiro atoms. The quantitative estimate of drug-likeness (QED) is 0.0357. The molecular weight excluding hydrogens is 711 g/mol. The Kier molecular flexibility index (Phi) is 41.6. The third kappa shape index (κ3) is 42.2. The molecule has 0 saturated heterocycles. The van der Waals surface area contributed by atoms with E-state index < -0.39 is 10.4 Å². The SMILES string of the molecule is CCCCCCCCCCCCCCCCCC(=O)NC(C)C(C(C)N)C(C)NC(=O)CCCCCCCCCCCCCCCCC.CCOS(=O)(=O)O. The highest BCUT2D eigenvalue weighted by Crippen LogP contribution is 2.17. The van der Waals surface area contributed by atoms with Crippen LogP contribution in [-0.2, 0) is 24.2 Å². The van der Waals surface area contributed by atoms with Crippen LogP contribution in [0.3, 0.4) is 0 Å². The fourth-order valence-corrected chi connectivity index (χ4v) is 7.95. The van der Waals surface area contributed by atoms with Crippen LogP contribution in [0.25, 0.3) is 0 Å². The van der Waals surface area contributed by atoms with Crippen molar-refractivity contribution in [2.24, 2.45) is 11.7 Å². The zero-order valence-electron chi connectivity index (χ0n) is 37.1. The minimum atomic E-state index is -4.17. The number of hydrogen-bond acceptors (Lipinski definition) is 6. The van der Waals surface area contributed by atoms with Gasteiger partial charge in [0, 0.05) is 36.9 Å². The van der Waals surface area contributed by atoms with Crippen molar-refractivity contribution in [2.75, 3.05) is 6.61 Å². The van der Waals surface area contributed by atoms with E-state index >= 15 is 0 Å². The number of carbonyl (C=O) groups excluding carboxylic acids is 2. The average molecular weight is 804 g/mol. The molecule has 0 radical (unpaired) electrons. The molecule has 0 rings (SSSR count). The molecule has 55 heavy (non-hydrogen) atoms. The van der Waals surface area contributed by atoms with E-state index in [0.29, 0.717) is 12.8 Å². The first-order valence-corrected chi connectivity index (χ1v) is 24.7. The third-order valence-electron chi connectivity index (χ3n) is 10.8. The maximum Gasteiger partial charge on any atom is 0.397 e. The summed E-state index contributed by atoms with van der Waals surface area (Å²) in [6.45, 7) is 12.1. The number of nitrogens with two attached hydrogens (primary N) is 1. The molecule has 2 amide bonds. The molecule has 0 saturated carbocycles. The molecule has 5 N–H and O–H groups in total. The Morgan fingerprint density at radius 1 is 0.491 bits per heavy atom. The van der Waals surface area contributed by atoms with Crippen LogP contribution in [0.2, 0.25) is 0 Å². The smallest absolute Gasteiger partial charge is 0.353 e. The summed E-state index contributed by atoms with van der Waals surface area (Å²) in [7, 11) is -4.17. The zero-order valence-corrected chi connectivity index (χ0v) is 37.9. The molecule has 0 heterocycles. The lowest BCUT2D eigenvalue weighted by Crippen LogP contribution is -2.54. The lowest BCUT2D eigenvalue weighted by molar-refractivity contribution is -0.122. The summed E-state index contributed by atoms with van der Waals surface area (Å²) >= 11 is 0. The summed E-state index contributed by atoms with van der Waals surface area (Å²) in [4.78, 5) is 25.4. The lowest BCUT2D eigenvalue weighted by atomic mass is 9.87. The van der Waals surface area contributed by atoms with Crippen molar-refractivity contribution in [1.82, 2.24) is 10.6 Å². The summed E-state index contributed by atoms with van der Waals surface area (Å²) in [5.74, 6) is 0.221. The Labute approximate surface area is 342 Å². The minimum absolute atomic E-state index is 0.0000147. The second-order valence-corrected chi connectivity index (χ2v) is 17.5. The Balaban J connectivity index is 0. The van der Waals surface area contributed by atoms with E-state index in [1.54, 1.807) is 0 Å². The van der Waals surface area contributed by atoms with Gasteiger partial charge in [0.15, 0.2) is 0 Å². The standard InChI is InChI=1S/C43H87N3O2.C2H6O4S/c1-6-8-10-12-14-16-18-20-22-24-26-28-30-32-34-36-41(47)45-39(4)43(38(3)44)40(5)46-42(48)37-35-33-31-29-27-25-23-21-19-17-15-13-11-9-7-2;1-2-6-7(3,4)5/h38-40,43H,6-37,44H2,1-5H3,(H,45,47)(H,46,48);2H2,1H3,(H,3,4,5). The summed E-state index contributed by atoms with van der Waals surface area (Å²) in [5, 5.41) is 6.39. The number of amides is 2. The second-order valence-electron chi connectivity index (χ2n) is 16.4. The first-order valence-electron chi connectivity index (χ1n) is 23.4. The van der Waals surface area contributed by atoms with E-state index in [1.807, 2.05) is 20.8 Å². The second kappa shape index (κ2) is 40.9. The van der Waals surface area contributed by atoms with Gasteiger partial charge in [-0.05, 0) is 40.5 Å². The largest absolute Gasteiger partial charge is 0.397 e. The molecule has 0 fully saturated rings. The van der Waals surface area contributed by atoms with Crippen LogP contribution in [0.4, 0.5) is 0 Å². The Morgan fingerprint density at radius 2 is 0.727 bits per heavy atom. The zero-order chi connectivity index (χ0) is 41.4. The third-order valence-corrected chi connectivity index (χ3v) is 11.4. The van der Waals surface area contributed by atoms with Crippen molar-refractivity contribution in [2.45, 2.75) is 265 Å². The summed E-state index contributed by atoms with van der Waals surface area (Å²) in [5.41, 5.74) is 6.36. The predicted molar refractivity (Wildman–Crippen MR) is 235 cm³/mol. The van der Waals surface area contributed by atoms with Gasteiger partial charge in [-0.2, -0.15) is 8.42 Å². The normalized spacial score (nSPS) is 13.7. The topological polar surface area (TPSA) is 148 Å². The molecule has 0 bridgehead atoms. The van der Waals surface area contributed by atoms with Crippen molar-refractivity contribution in [3.63, 3.8) is 0 Å². The highest BCUT2D eigenvalue weighted by Gasteiger charge is 2.29. The van der Waals surface area contributed by atoms with E-state index in [1.165, 1.54) is 174 Å². The molecule has 330 valence electrons. The van der Waals surface area contributed by atoms with E-state index in [-0.39, 0.29) is 42.5 Å². The van der Waals surface area contributed by atoms with Crippen LogP contribution >= 0.6 is 0 Å². The fraction of sp³-hybridized carbons (Fsp3) is 0.956. The van der Waals surface area contributed by atoms with Crippen LogP contribution in [0.5, 0.6) is 0 Å². The van der Waals surface area contributed by atoms with E-state index in [9.17, 15) is 18.0 Å². The van der Waals surface area contributed by atoms with Gasteiger partial charge in [0.05, 0.1) is 6.61 Å². The van der Waals surface area contributed by atoms with Gasteiger partial charge in [0.25, 0.3) is 0 Å². The van der Waals surface area contributed by atoms with Crippen LogP contribution in [0.1, 0.15) is 247 Å². The fourth-order valence-electron chi connectivity index (χ4n) is 7.65. The molecule has 3 unspecified atom stereocenters. The van der Waals surface area contributed by atoms with Gasteiger partial charge < -0.3 is 16.4 Å². The van der Waals surface area contributed by atoms with Crippen LogP contribution in [0, 0.1) is 5.92 Å². The van der Waals surface area contributed by atoms with Crippen LogP contribution < -0.4 is 16.4 Å². The van der Waals surface area contributed by atoms with Gasteiger partial charge in [-0.1, -0.05) is 194 Å². The lowest BCUT2D eigenvalue weighted by Gasteiger charge is -2.33. The van der Waals surface area contributed by atoms with Gasteiger partial charge in [-0.25, -0.2) is 4.18 Å². The first kappa shape index (κ1) is 55.9. The Hall–Kier alpha value is -1.23. The van der Waals surface area contributed by atoms with E-state index in [0.717, 1.165) is 25.7 Å². The molecule has 10 heteroatoms. The molecule has 0 aromatic carbocycles. The summed E-state index contributed by atoms with van der Waals surface area (Å²) in [6.07, 6.45) is 41.0. The molecular formula is C45H93N3O6S. The summed E-state index contributed by atoms with van der Waals surface area (Å²) < 4.78 is 30.7.